The van der Waals surface area contributed by atoms with Crippen molar-refractivity contribution in [3.8, 4) is 0 Å². The van der Waals surface area contributed by atoms with E-state index in [9.17, 15) is 9.59 Å². The molecule has 0 saturated carbocycles. The van der Waals surface area contributed by atoms with Crippen LogP contribution >= 0.6 is 11.8 Å². The van der Waals surface area contributed by atoms with E-state index in [2.05, 4.69) is 27.5 Å². The number of benzene rings is 2. The zero-order valence-electron chi connectivity index (χ0n) is 19.5. The van der Waals surface area contributed by atoms with Crippen molar-refractivity contribution >= 4 is 46.2 Å². The van der Waals surface area contributed by atoms with Gasteiger partial charge in [0, 0.05) is 16.8 Å². The maximum atomic E-state index is 12.8. The number of rotatable bonds is 7. The van der Waals surface area contributed by atoms with Gasteiger partial charge in [0.15, 0.2) is 5.16 Å². The number of thioether (sulfide) groups is 1. The van der Waals surface area contributed by atoms with Crippen molar-refractivity contribution in [2.24, 2.45) is 0 Å². The van der Waals surface area contributed by atoms with Crippen LogP contribution < -0.4 is 10.6 Å². The molecule has 8 heteroatoms. The Kier molecular flexibility index (Phi) is 6.98. The summed E-state index contributed by atoms with van der Waals surface area (Å²) in [7, 11) is 0. The fourth-order valence-electron chi connectivity index (χ4n) is 3.42. The molecule has 0 aliphatic carbocycles. The van der Waals surface area contributed by atoms with E-state index in [1.165, 1.54) is 17.3 Å². The van der Waals surface area contributed by atoms with Crippen LogP contribution in [0.15, 0.2) is 64.2 Å². The average molecular weight is 475 g/mol. The number of aryl methyl sites for hydroxylation is 3. The third-order valence-electron chi connectivity index (χ3n) is 5.56. The Balaban J connectivity index is 1.57. The number of nitrogens with zero attached hydrogens (tertiary/aromatic N) is 2. The summed E-state index contributed by atoms with van der Waals surface area (Å²) in [5, 5.41) is 6.33. The van der Waals surface area contributed by atoms with Gasteiger partial charge in [-0.15, -0.1) is 0 Å². The molecular weight excluding hydrogens is 448 g/mol. The van der Waals surface area contributed by atoms with Crippen molar-refractivity contribution in [3.63, 3.8) is 0 Å². The number of nitrogens with one attached hydrogen (secondary N) is 2. The van der Waals surface area contributed by atoms with Gasteiger partial charge in [0.05, 0.1) is 10.6 Å². The highest BCUT2D eigenvalue weighted by molar-refractivity contribution is 8.00. The van der Waals surface area contributed by atoms with E-state index in [-0.39, 0.29) is 11.8 Å². The summed E-state index contributed by atoms with van der Waals surface area (Å²) in [5.74, 6) is 0.609. The SMILES string of the molecule is CCc1ccc(NC(=O)C(C)Sc2nc(NC(=O)c3ccccc3)c3c(C)c(C)oc3n2)cc1. The summed E-state index contributed by atoms with van der Waals surface area (Å²) in [6.07, 6.45) is 0.940. The Morgan fingerprint density at radius 3 is 2.38 bits per heavy atom. The van der Waals surface area contributed by atoms with Crippen LogP contribution in [0.2, 0.25) is 0 Å². The first kappa shape index (κ1) is 23.5. The van der Waals surface area contributed by atoms with Gasteiger partial charge in [-0.3, -0.25) is 9.59 Å². The Morgan fingerprint density at radius 1 is 1.00 bits per heavy atom. The van der Waals surface area contributed by atoms with Gasteiger partial charge in [-0.25, -0.2) is 4.98 Å². The third kappa shape index (κ3) is 5.12. The van der Waals surface area contributed by atoms with Crippen LogP contribution in [-0.2, 0) is 11.2 Å². The minimum absolute atomic E-state index is 0.167. The predicted octanol–water partition coefficient (Wildman–Crippen LogP) is 5.77. The normalized spacial score (nSPS) is 11.9. The van der Waals surface area contributed by atoms with Crippen LogP contribution in [0.25, 0.3) is 11.1 Å². The van der Waals surface area contributed by atoms with Crippen molar-refractivity contribution in [2.75, 3.05) is 10.6 Å². The van der Waals surface area contributed by atoms with E-state index in [1.54, 1.807) is 31.2 Å². The molecular formula is C26H26N4O3S. The van der Waals surface area contributed by atoms with Crippen molar-refractivity contribution in [1.29, 1.82) is 0 Å². The molecule has 1 unspecified atom stereocenters. The molecule has 0 spiro atoms. The molecule has 1 atom stereocenters. The highest BCUT2D eigenvalue weighted by Crippen LogP contribution is 2.32. The number of hydrogen-bond acceptors (Lipinski definition) is 6. The number of fused-ring (bicyclic) bond motifs is 1. The van der Waals surface area contributed by atoms with Gasteiger partial charge in [0.2, 0.25) is 11.6 Å². The molecule has 0 bridgehead atoms. The number of carbonyl (C=O) groups is 2. The molecule has 174 valence electrons. The minimum Gasteiger partial charge on any atom is -0.443 e. The molecule has 4 rings (SSSR count). The highest BCUT2D eigenvalue weighted by atomic mass is 32.2. The monoisotopic (exact) mass is 474 g/mol. The second-order valence-corrected chi connectivity index (χ2v) is 9.25. The van der Waals surface area contributed by atoms with Gasteiger partial charge in [-0.05, 0) is 57.0 Å². The molecule has 4 aromatic rings. The Labute approximate surface area is 202 Å². The molecule has 2 amide bonds. The summed E-state index contributed by atoms with van der Waals surface area (Å²) >= 11 is 1.20. The lowest BCUT2D eigenvalue weighted by Crippen LogP contribution is -2.22. The Morgan fingerprint density at radius 2 is 1.71 bits per heavy atom. The maximum absolute atomic E-state index is 12.8. The number of hydrogen-bond donors (Lipinski definition) is 2. The first-order chi connectivity index (χ1) is 16.4. The average Bonchev–Trinajstić information content (AvgIpc) is 3.13. The molecule has 34 heavy (non-hydrogen) atoms. The summed E-state index contributed by atoms with van der Waals surface area (Å²) in [6, 6.07) is 16.7. The van der Waals surface area contributed by atoms with Gasteiger partial charge in [0.1, 0.15) is 11.6 Å². The second kappa shape index (κ2) is 10.1. The lowest BCUT2D eigenvalue weighted by atomic mass is 10.1. The van der Waals surface area contributed by atoms with Gasteiger partial charge in [-0.1, -0.05) is 49.0 Å². The zero-order chi connectivity index (χ0) is 24.2. The molecule has 0 aliphatic rings. The largest absolute Gasteiger partial charge is 0.443 e. The van der Waals surface area contributed by atoms with Crippen LogP contribution in [0.4, 0.5) is 11.5 Å². The number of carbonyl (C=O) groups excluding carboxylic acids is 2. The predicted molar refractivity (Wildman–Crippen MR) is 135 cm³/mol. The number of furan rings is 1. The fourth-order valence-corrected chi connectivity index (χ4v) is 4.18. The molecule has 2 N–H and O–H groups in total. The number of anilines is 2. The second-order valence-electron chi connectivity index (χ2n) is 7.94. The van der Waals surface area contributed by atoms with Gasteiger partial charge in [-0.2, -0.15) is 4.98 Å². The van der Waals surface area contributed by atoms with Crippen LogP contribution in [-0.4, -0.2) is 27.0 Å². The van der Waals surface area contributed by atoms with E-state index in [0.29, 0.717) is 33.4 Å². The van der Waals surface area contributed by atoms with Crippen molar-refractivity contribution in [2.45, 2.75) is 44.5 Å². The van der Waals surface area contributed by atoms with Crippen LogP contribution in [0.3, 0.4) is 0 Å². The van der Waals surface area contributed by atoms with Crippen LogP contribution in [0, 0.1) is 13.8 Å². The summed E-state index contributed by atoms with van der Waals surface area (Å²) in [5.41, 5.74) is 3.69. The molecule has 2 heterocycles. The van der Waals surface area contributed by atoms with Gasteiger partial charge >= 0.3 is 0 Å². The number of amides is 2. The van der Waals surface area contributed by atoms with Crippen molar-refractivity contribution in [1.82, 2.24) is 9.97 Å². The quantitative estimate of drug-likeness (QED) is 0.261. The smallest absolute Gasteiger partial charge is 0.256 e. The molecule has 0 fully saturated rings. The van der Waals surface area contributed by atoms with Gasteiger partial charge in [0.25, 0.3) is 5.91 Å². The molecule has 0 saturated heterocycles. The topological polar surface area (TPSA) is 97.1 Å². The van der Waals surface area contributed by atoms with Crippen LogP contribution in [0.1, 0.15) is 41.1 Å². The van der Waals surface area contributed by atoms with E-state index in [1.807, 2.05) is 44.2 Å². The third-order valence-corrected chi connectivity index (χ3v) is 6.52. The summed E-state index contributed by atoms with van der Waals surface area (Å²) < 4.78 is 5.81. The Hall–Kier alpha value is -3.65. The summed E-state index contributed by atoms with van der Waals surface area (Å²) in [6.45, 7) is 7.61. The Bertz CT molecular complexity index is 1330. The lowest BCUT2D eigenvalue weighted by molar-refractivity contribution is -0.115. The molecule has 0 aliphatic heterocycles. The standard InChI is InChI=1S/C26H26N4O3S/c1-5-18-11-13-20(14-12-18)27-23(31)17(4)34-26-29-22(21-15(2)16(3)33-25(21)30-26)28-24(32)19-9-7-6-8-10-19/h6-14,17H,5H2,1-4H3,(H,27,31)(H,28,29,30,32). The van der Waals surface area contributed by atoms with E-state index in [0.717, 1.165) is 17.7 Å². The minimum atomic E-state index is -0.474. The van der Waals surface area contributed by atoms with Crippen molar-refractivity contribution < 1.29 is 14.0 Å². The fraction of sp³-hybridized carbons (Fsp3) is 0.231. The van der Waals surface area contributed by atoms with E-state index < -0.39 is 5.25 Å². The molecule has 0 radical (unpaired) electrons. The maximum Gasteiger partial charge on any atom is 0.256 e. The van der Waals surface area contributed by atoms with E-state index in [4.69, 9.17) is 4.42 Å². The van der Waals surface area contributed by atoms with Crippen LogP contribution in [0.5, 0.6) is 0 Å². The molecule has 7 nitrogen and oxygen atoms in total. The molecule has 2 aromatic carbocycles. The van der Waals surface area contributed by atoms with Crippen molar-refractivity contribution in [3.05, 3.63) is 77.0 Å². The summed E-state index contributed by atoms with van der Waals surface area (Å²) in [4.78, 5) is 34.6. The lowest BCUT2D eigenvalue weighted by Gasteiger charge is -2.13. The zero-order valence-corrected chi connectivity index (χ0v) is 20.3. The first-order valence-corrected chi connectivity index (χ1v) is 11.9. The van der Waals surface area contributed by atoms with E-state index >= 15 is 0 Å². The van der Waals surface area contributed by atoms with Gasteiger partial charge < -0.3 is 15.1 Å². The highest BCUT2D eigenvalue weighted by Gasteiger charge is 2.22. The molecule has 2 aromatic heterocycles. The first-order valence-electron chi connectivity index (χ1n) is 11.1. The number of aromatic nitrogens is 2.